The van der Waals surface area contributed by atoms with Crippen molar-refractivity contribution >= 4 is 6.03 Å². The summed E-state index contributed by atoms with van der Waals surface area (Å²) in [5.41, 5.74) is 1.05. The molecule has 0 aliphatic heterocycles. The minimum absolute atomic E-state index is 0.0520. The van der Waals surface area contributed by atoms with Crippen LogP contribution in [0.15, 0.2) is 12.4 Å². The zero-order valence-corrected chi connectivity index (χ0v) is 12.6. The van der Waals surface area contributed by atoms with Crippen molar-refractivity contribution in [2.75, 3.05) is 27.2 Å². The number of aryl methyl sites for hydroxylation is 1. The van der Waals surface area contributed by atoms with Gasteiger partial charge < -0.3 is 20.6 Å². The number of likely N-dealkylation sites (N-methyl/N-ethyl adjacent to an activating group) is 1. The van der Waals surface area contributed by atoms with E-state index < -0.39 is 0 Å². The average molecular weight is 283 g/mol. The molecule has 0 aromatic carbocycles. The highest BCUT2D eigenvalue weighted by Crippen LogP contribution is 2.15. The highest BCUT2D eigenvalue weighted by Gasteiger charge is 2.17. The molecule has 114 valence electrons. The Morgan fingerprint density at radius 1 is 1.55 bits per heavy atom. The van der Waals surface area contributed by atoms with Gasteiger partial charge in [0.1, 0.15) is 0 Å². The minimum Gasteiger partial charge on any atom is -0.394 e. The number of amides is 2. The molecule has 3 N–H and O–H groups in total. The van der Waals surface area contributed by atoms with Crippen LogP contribution in [0.4, 0.5) is 4.79 Å². The van der Waals surface area contributed by atoms with E-state index in [0.29, 0.717) is 13.0 Å². The van der Waals surface area contributed by atoms with Gasteiger partial charge in [-0.1, -0.05) is 6.92 Å². The van der Waals surface area contributed by atoms with Crippen LogP contribution in [0.2, 0.25) is 0 Å². The molecule has 0 spiro atoms. The van der Waals surface area contributed by atoms with Gasteiger partial charge in [0.05, 0.1) is 24.9 Å². The average Bonchev–Trinajstić information content (AvgIpc) is 2.82. The molecule has 0 aliphatic rings. The number of aliphatic hydroxyl groups is 1. The van der Waals surface area contributed by atoms with E-state index in [9.17, 15) is 4.79 Å². The molecule has 0 aliphatic carbocycles. The Morgan fingerprint density at radius 2 is 2.25 bits per heavy atom. The van der Waals surface area contributed by atoms with Gasteiger partial charge in [-0.05, 0) is 20.5 Å². The first kappa shape index (κ1) is 16.5. The van der Waals surface area contributed by atoms with Crippen LogP contribution in [0.3, 0.4) is 0 Å². The number of carbonyl (C=O) groups excluding carboxylic acids is 1. The SMILES string of the molecule is CCC(CO)NC(=O)NCC(c1cnn(C)c1)N(C)C. The van der Waals surface area contributed by atoms with Crippen molar-refractivity contribution in [1.29, 1.82) is 0 Å². The lowest BCUT2D eigenvalue weighted by atomic mass is 10.1. The van der Waals surface area contributed by atoms with Crippen molar-refractivity contribution in [2.45, 2.75) is 25.4 Å². The molecule has 1 rings (SSSR count). The van der Waals surface area contributed by atoms with Gasteiger partial charge in [-0.3, -0.25) is 4.68 Å². The third-order valence-electron chi connectivity index (χ3n) is 3.24. The maximum absolute atomic E-state index is 11.8. The Labute approximate surface area is 120 Å². The van der Waals surface area contributed by atoms with Gasteiger partial charge in [0, 0.05) is 25.4 Å². The summed E-state index contributed by atoms with van der Waals surface area (Å²) in [5, 5.41) is 18.8. The number of nitrogens with one attached hydrogen (secondary N) is 2. The zero-order valence-electron chi connectivity index (χ0n) is 12.6. The van der Waals surface area contributed by atoms with Crippen molar-refractivity contribution in [3.05, 3.63) is 18.0 Å². The Bertz CT molecular complexity index is 415. The standard InChI is InChI=1S/C13H25N5O2/c1-5-11(9-19)16-13(20)14-7-12(17(2)3)10-6-15-18(4)8-10/h6,8,11-12,19H,5,7,9H2,1-4H3,(H2,14,16,20). The number of nitrogens with zero attached hydrogens (tertiary/aromatic N) is 3. The van der Waals surface area contributed by atoms with Gasteiger partial charge in [-0.25, -0.2) is 4.79 Å². The topological polar surface area (TPSA) is 82.4 Å². The van der Waals surface area contributed by atoms with Crippen LogP contribution in [0.1, 0.15) is 24.9 Å². The summed E-state index contributed by atoms with van der Waals surface area (Å²) in [5.74, 6) is 0. The van der Waals surface area contributed by atoms with Crippen LogP contribution in [0.25, 0.3) is 0 Å². The first-order chi connectivity index (χ1) is 9.47. The van der Waals surface area contributed by atoms with E-state index in [-0.39, 0.29) is 24.7 Å². The Kier molecular flexibility index (Phi) is 6.47. The fraction of sp³-hybridized carbons (Fsp3) is 0.692. The predicted octanol–water partition coefficient (Wildman–Crippen LogP) is 0.0929. The van der Waals surface area contributed by atoms with Crippen LogP contribution in [-0.4, -0.2) is 59.1 Å². The number of carbonyl (C=O) groups is 1. The lowest BCUT2D eigenvalue weighted by molar-refractivity contribution is 0.210. The Balaban J connectivity index is 2.53. The van der Waals surface area contributed by atoms with E-state index in [0.717, 1.165) is 5.56 Å². The van der Waals surface area contributed by atoms with E-state index in [4.69, 9.17) is 5.11 Å². The Morgan fingerprint density at radius 3 is 2.70 bits per heavy atom. The summed E-state index contributed by atoms with van der Waals surface area (Å²) in [6, 6.07) is -0.406. The van der Waals surface area contributed by atoms with Crippen molar-refractivity contribution in [2.24, 2.45) is 7.05 Å². The molecule has 2 amide bonds. The predicted molar refractivity (Wildman–Crippen MR) is 77.3 cm³/mol. The minimum atomic E-state index is -0.262. The molecule has 1 aromatic heterocycles. The van der Waals surface area contributed by atoms with Crippen LogP contribution in [0.5, 0.6) is 0 Å². The number of rotatable bonds is 7. The highest BCUT2D eigenvalue weighted by molar-refractivity contribution is 5.74. The summed E-state index contributed by atoms with van der Waals surface area (Å²) in [6.45, 7) is 2.34. The second kappa shape index (κ2) is 7.86. The molecule has 0 bridgehead atoms. The molecule has 20 heavy (non-hydrogen) atoms. The van der Waals surface area contributed by atoms with Crippen LogP contribution in [0, 0.1) is 0 Å². The van der Waals surface area contributed by atoms with Gasteiger partial charge in [0.15, 0.2) is 0 Å². The highest BCUT2D eigenvalue weighted by atomic mass is 16.3. The van der Waals surface area contributed by atoms with Crippen molar-refractivity contribution in [3.63, 3.8) is 0 Å². The van der Waals surface area contributed by atoms with E-state index in [2.05, 4.69) is 15.7 Å². The summed E-state index contributed by atoms with van der Waals surface area (Å²) in [4.78, 5) is 13.8. The number of urea groups is 1. The van der Waals surface area contributed by atoms with Crippen LogP contribution in [-0.2, 0) is 7.05 Å². The number of hydrogen-bond acceptors (Lipinski definition) is 4. The summed E-state index contributed by atoms with van der Waals surface area (Å²) in [6.07, 6.45) is 4.43. The lowest BCUT2D eigenvalue weighted by Gasteiger charge is -2.24. The first-order valence-electron chi connectivity index (χ1n) is 6.78. The van der Waals surface area contributed by atoms with Gasteiger partial charge in [-0.2, -0.15) is 5.10 Å². The van der Waals surface area contributed by atoms with E-state index in [1.54, 1.807) is 10.9 Å². The van der Waals surface area contributed by atoms with E-state index >= 15 is 0 Å². The zero-order chi connectivity index (χ0) is 15.1. The van der Waals surface area contributed by atoms with Crippen molar-refractivity contribution in [1.82, 2.24) is 25.3 Å². The molecule has 1 heterocycles. The van der Waals surface area contributed by atoms with Crippen molar-refractivity contribution < 1.29 is 9.90 Å². The van der Waals surface area contributed by atoms with Gasteiger partial charge in [-0.15, -0.1) is 0 Å². The van der Waals surface area contributed by atoms with Gasteiger partial charge in [0.2, 0.25) is 0 Å². The second-order valence-corrected chi connectivity index (χ2v) is 5.07. The van der Waals surface area contributed by atoms with E-state index in [1.165, 1.54) is 0 Å². The van der Waals surface area contributed by atoms with E-state index in [1.807, 2.05) is 39.2 Å². The van der Waals surface area contributed by atoms with Crippen LogP contribution >= 0.6 is 0 Å². The van der Waals surface area contributed by atoms with Gasteiger partial charge >= 0.3 is 6.03 Å². The largest absolute Gasteiger partial charge is 0.394 e. The maximum atomic E-state index is 11.8. The molecule has 0 fully saturated rings. The first-order valence-corrected chi connectivity index (χ1v) is 6.78. The third-order valence-corrected chi connectivity index (χ3v) is 3.24. The van der Waals surface area contributed by atoms with Gasteiger partial charge in [0.25, 0.3) is 0 Å². The molecular weight excluding hydrogens is 258 g/mol. The summed E-state index contributed by atoms with van der Waals surface area (Å²) < 4.78 is 1.74. The molecule has 7 nitrogen and oxygen atoms in total. The molecule has 0 radical (unpaired) electrons. The number of aromatic nitrogens is 2. The monoisotopic (exact) mass is 283 g/mol. The molecule has 0 saturated carbocycles. The third kappa shape index (κ3) is 4.82. The second-order valence-electron chi connectivity index (χ2n) is 5.07. The summed E-state index contributed by atoms with van der Waals surface area (Å²) >= 11 is 0. The molecule has 1 aromatic rings. The summed E-state index contributed by atoms with van der Waals surface area (Å²) in [7, 11) is 5.78. The molecule has 2 atom stereocenters. The maximum Gasteiger partial charge on any atom is 0.315 e. The van der Waals surface area contributed by atoms with Crippen LogP contribution < -0.4 is 10.6 Å². The smallest absolute Gasteiger partial charge is 0.315 e. The fourth-order valence-corrected chi connectivity index (χ4v) is 1.91. The normalized spacial score (nSPS) is 14.1. The Hall–Kier alpha value is -1.60. The molecule has 2 unspecified atom stereocenters. The molecule has 7 heteroatoms. The molecular formula is C13H25N5O2. The number of hydrogen-bond donors (Lipinski definition) is 3. The van der Waals surface area contributed by atoms with Crippen molar-refractivity contribution in [3.8, 4) is 0 Å². The fourth-order valence-electron chi connectivity index (χ4n) is 1.91. The quantitative estimate of drug-likeness (QED) is 0.662. The lowest BCUT2D eigenvalue weighted by Crippen LogP contribution is -2.45. The number of aliphatic hydroxyl groups excluding tert-OH is 1. The molecule has 0 saturated heterocycles.